The van der Waals surface area contributed by atoms with Gasteiger partial charge in [-0.05, 0) is 54.9 Å². The third-order valence-corrected chi connectivity index (χ3v) is 4.71. The van der Waals surface area contributed by atoms with Crippen LogP contribution >= 0.6 is 15.9 Å². The van der Waals surface area contributed by atoms with Crippen LogP contribution in [0.15, 0.2) is 22.8 Å². The van der Waals surface area contributed by atoms with Crippen molar-refractivity contribution in [3.05, 3.63) is 45.4 Å². The summed E-state index contributed by atoms with van der Waals surface area (Å²) in [6.07, 6.45) is 2.74. The molecule has 1 atom stereocenters. The van der Waals surface area contributed by atoms with Crippen molar-refractivity contribution in [1.82, 2.24) is 20.1 Å². The standard InChI is InChI=1S/C16H23BrN4/c1-5-18-13(16-11(3)8-7-9-19-16)10-14-15(17)12(4)20-21(14)6-2/h7-9,13,18H,5-6,10H2,1-4H3. The van der Waals surface area contributed by atoms with Gasteiger partial charge in [-0.25, -0.2) is 0 Å². The number of aryl methyl sites for hydroxylation is 3. The Morgan fingerprint density at radius 2 is 2.10 bits per heavy atom. The summed E-state index contributed by atoms with van der Waals surface area (Å²) in [7, 11) is 0. The summed E-state index contributed by atoms with van der Waals surface area (Å²) in [5.41, 5.74) is 4.61. The van der Waals surface area contributed by atoms with Crippen molar-refractivity contribution in [2.24, 2.45) is 0 Å². The molecule has 0 aromatic carbocycles. The highest BCUT2D eigenvalue weighted by Crippen LogP contribution is 2.27. The molecule has 0 bridgehead atoms. The first-order chi connectivity index (χ1) is 10.1. The van der Waals surface area contributed by atoms with Gasteiger partial charge in [0.15, 0.2) is 0 Å². The van der Waals surface area contributed by atoms with Crippen molar-refractivity contribution in [1.29, 1.82) is 0 Å². The number of nitrogens with one attached hydrogen (secondary N) is 1. The number of hydrogen-bond donors (Lipinski definition) is 1. The Labute approximate surface area is 135 Å². The quantitative estimate of drug-likeness (QED) is 0.865. The first kappa shape index (κ1) is 16.2. The zero-order chi connectivity index (χ0) is 15.4. The zero-order valence-corrected chi connectivity index (χ0v) is 14.7. The Kier molecular flexibility index (Phi) is 5.53. The molecule has 5 heteroatoms. The number of hydrogen-bond acceptors (Lipinski definition) is 3. The smallest absolute Gasteiger partial charge is 0.0738 e. The topological polar surface area (TPSA) is 42.7 Å². The number of nitrogens with zero attached hydrogens (tertiary/aromatic N) is 3. The fraction of sp³-hybridized carbons (Fsp3) is 0.500. The van der Waals surface area contributed by atoms with Gasteiger partial charge in [-0.1, -0.05) is 13.0 Å². The maximum Gasteiger partial charge on any atom is 0.0738 e. The van der Waals surface area contributed by atoms with Gasteiger partial charge in [0.05, 0.1) is 27.6 Å². The predicted octanol–water partition coefficient (Wildman–Crippen LogP) is 3.57. The first-order valence-electron chi connectivity index (χ1n) is 7.45. The average Bonchev–Trinajstić information content (AvgIpc) is 2.75. The van der Waals surface area contributed by atoms with E-state index in [0.717, 1.165) is 35.4 Å². The third-order valence-electron chi connectivity index (χ3n) is 3.68. The van der Waals surface area contributed by atoms with Crippen molar-refractivity contribution in [2.75, 3.05) is 6.54 Å². The van der Waals surface area contributed by atoms with E-state index in [4.69, 9.17) is 0 Å². The molecule has 2 aromatic rings. The maximum absolute atomic E-state index is 4.58. The highest BCUT2D eigenvalue weighted by Gasteiger charge is 2.20. The summed E-state index contributed by atoms with van der Waals surface area (Å²) in [6.45, 7) is 10.2. The number of likely N-dealkylation sites (N-methyl/N-ethyl adjacent to an activating group) is 1. The molecule has 0 aliphatic carbocycles. The van der Waals surface area contributed by atoms with Crippen LogP contribution in [0.25, 0.3) is 0 Å². The molecule has 21 heavy (non-hydrogen) atoms. The van der Waals surface area contributed by atoms with Gasteiger partial charge in [-0.3, -0.25) is 9.67 Å². The molecule has 114 valence electrons. The van der Waals surface area contributed by atoms with Crippen LogP contribution < -0.4 is 5.32 Å². The zero-order valence-electron chi connectivity index (χ0n) is 13.2. The van der Waals surface area contributed by atoms with Gasteiger partial charge < -0.3 is 5.32 Å². The molecule has 0 amide bonds. The number of rotatable bonds is 6. The van der Waals surface area contributed by atoms with E-state index in [1.807, 2.05) is 19.2 Å². The molecule has 0 fully saturated rings. The Balaban J connectivity index is 2.35. The molecule has 0 radical (unpaired) electrons. The van der Waals surface area contributed by atoms with Crippen molar-refractivity contribution in [2.45, 2.75) is 46.7 Å². The van der Waals surface area contributed by atoms with E-state index in [2.05, 4.69) is 62.8 Å². The van der Waals surface area contributed by atoms with Crippen molar-refractivity contribution >= 4 is 15.9 Å². The van der Waals surface area contributed by atoms with E-state index in [0.29, 0.717) is 0 Å². The monoisotopic (exact) mass is 350 g/mol. The van der Waals surface area contributed by atoms with Crippen molar-refractivity contribution < 1.29 is 0 Å². The molecule has 0 saturated heterocycles. The minimum atomic E-state index is 0.203. The fourth-order valence-corrected chi connectivity index (χ4v) is 3.08. The highest BCUT2D eigenvalue weighted by atomic mass is 79.9. The summed E-state index contributed by atoms with van der Waals surface area (Å²) < 4.78 is 3.18. The number of pyridine rings is 1. The normalized spacial score (nSPS) is 12.6. The van der Waals surface area contributed by atoms with E-state index >= 15 is 0 Å². The van der Waals surface area contributed by atoms with Crippen LogP contribution in [0, 0.1) is 13.8 Å². The predicted molar refractivity (Wildman–Crippen MR) is 89.4 cm³/mol. The lowest BCUT2D eigenvalue weighted by Gasteiger charge is -2.20. The van der Waals surface area contributed by atoms with E-state index in [-0.39, 0.29) is 6.04 Å². The molecule has 0 saturated carbocycles. The van der Waals surface area contributed by atoms with Crippen LogP contribution in [0.2, 0.25) is 0 Å². The van der Waals surface area contributed by atoms with E-state index in [1.165, 1.54) is 11.3 Å². The second-order valence-corrected chi connectivity index (χ2v) is 5.97. The van der Waals surface area contributed by atoms with E-state index < -0.39 is 0 Å². The Bertz CT molecular complexity index is 606. The van der Waals surface area contributed by atoms with E-state index in [1.54, 1.807) is 0 Å². The fourth-order valence-electron chi connectivity index (χ4n) is 2.63. The van der Waals surface area contributed by atoms with Gasteiger partial charge in [-0.2, -0.15) is 5.10 Å². The van der Waals surface area contributed by atoms with Crippen LogP contribution in [0.4, 0.5) is 0 Å². The Morgan fingerprint density at radius 1 is 1.33 bits per heavy atom. The largest absolute Gasteiger partial charge is 0.309 e. The van der Waals surface area contributed by atoms with E-state index in [9.17, 15) is 0 Å². The molecule has 2 aromatic heterocycles. The minimum Gasteiger partial charge on any atom is -0.309 e. The highest BCUT2D eigenvalue weighted by molar-refractivity contribution is 9.10. The third kappa shape index (κ3) is 3.52. The molecular weight excluding hydrogens is 328 g/mol. The van der Waals surface area contributed by atoms with Crippen LogP contribution in [0.5, 0.6) is 0 Å². The number of aromatic nitrogens is 3. The number of halogens is 1. The summed E-state index contributed by atoms with van der Waals surface area (Å²) >= 11 is 3.68. The lowest BCUT2D eigenvalue weighted by Crippen LogP contribution is -2.26. The van der Waals surface area contributed by atoms with Crippen molar-refractivity contribution in [3.63, 3.8) is 0 Å². The summed E-state index contributed by atoms with van der Waals surface area (Å²) in [4.78, 5) is 4.58. The molecule has 2 rings (SSSR count). The minimum absolute atomic E-state index is 0.203. The molecule has 0 aliphatic rings. The molecule has 1 unspecified atom stereocenters. The maximum atomic E-state index is 4.58. The molecule has 1 N–H and O–H groups in total. The summed E-state index contributed by atoms with van der Waals surface area (Å²) in [5.74, 6) is 0. The second kappa shape index (κ2) is 7.18. The van der Waals surface area contributed by atoms with Gasteiger partial charge in [0.25, 0.3) is 0 Å². The molecule has 0 spiro atoms. The molecule has 2 heterocycles. The van der Waals surface area contributed by atoms with Crippen LogP contribution in [-0.2, 0) is 13.0 Å². The Hall–Kier alpha value is -1.20. The first-order valence-corrected chi connectivity index (χ1v) is 8.24. The summed E-state index contributed by atoms with van der Waals surface area (Å²) in [5, 5.41) is 8.13. The summed E-state index contributed by atoms with van der Waals surface area (Å²) in [6, 6.07) is 4.30. The van der Waals surface area contributed by atoms with Crippen molar-refractivity contribution in [3.8, 4) is 0 Å². The van der Waals surface area contributed by atoms with Gasteiger partial charge >= 0.3 is 0 Å². The van der Waals surface area contributed by atoms with Gasteiger partial charge in [0.2, 0.25) is 0 Å². The lowest BCUT2D eigenvalue weighted by molar-refractivity contribution is 0.503. The lowest BCUT2D eigenvalue weighted by atomic mass is 10.0. The molecule has 4 nitrogen and oxygen atoms in total. The average molecular weight is 351 g/mol. The SMILES string of the molecule is CCNC(Cc1c(Br)c(C)nn1CC)c1ncccc1C. The van der Waals surface area contributed by atoms with Gasteiger partial charge in [0.1, 0.15) is 0 Å². The van der Waals surface area contributed by atoms with Crippen LogP contribution in [0.3, 0.4) is 0 Å². The van der Waals surface area contributed by atoms with Crippen LogP contribution in [-0.4, -0.2) is 21.3 Å². The molecule has 0 aliphatic heterocycles. The van der Waals surface area contributed by atoms with Crippen LogP contribution in [0.1, 0.15) is 42.5 Å². The van der Waals surface area contributed by atoms with Gasteiger partial charge in [0, 0.05) is 19.2 Å². The Morgan fingerprint density at radius 3 is 2.71 bits per heavy atom. The second-order valence-electron chi connectivity index (χ2n) is 5.18. The molecular formula is C16H23BrN4. The van der Waals surface area contributed by atoms with Gasteiger partial charge in [-0.15, -0.1) is 0 Å².